The highest BCUT2D eigenvalue weighted by atomic mass is 16.4. The molecule has 0 unspecified atom stereocenters. The van der Waals surface area contributed by atoms with Crippen molar-refractivity contribution in [2.75, 3.05) is 7.05 Å². The zero-order valence-corrected chi connectivity index (χ0v) is 13.8. The van der Waals surface area contributed by atoms with Crippen LogP contribution in [-0.4, -0.2) is 36.0 Å². The number of amides is 2. The summed E-state index contributed by atoms with van der Waals surface area (Å²) in [6.45, 7) is 3.68. The average molecular weight is 320 g/mol. The highest BCUT2D eigenvalue weighted by molar-refractivity contribution is 5.94. The number of carboxylic acids is 1. The van der Waals surface area contributed by atoms with Gasteiger partial charge in [-0.2, -0.15) is 0 Å². The molecule has 0 spiro atoms. The van der Waals surface area contributed by atoms with Gasteiger partial charge < -0.3 is 15.7 Å². The zero-order chi connectivity index (χ0) is 17.4. The number of carboxylic acid groups (broad SMARTS) is 1. The molecule has 0 aromatic heterocycles. The number of aryl methyl sites for hydroxylation is 1. The molecule has 0 radical (unpaired) electrons. The Morgan fingerprint density at radius 2 is 1.96 bits per heavy atom. The second-order valence-electron chi connectivity index (χ2n) is 5.55. The molecule has 6 heteroatoms. The molecule has 0 heterocycles. The summed E-state index contributed by atoms with van der Waals surface area (Å²) in [5.74, 6) is -1.63. The van der Waals surface area contributed by atoms with Crippen LogP contribution in [-0.2, 0) is 16.0 Å². The summed E-state index contributed by atoms with van der Waals surface area (Å²) >= 11 is 0. The first-order chi connectivity index (χ1) is 10.9. The minimum absolute atomic E-state index is 0.131. The molecular weight excluding hydrogens is 296 g/mol. The lowest BCUT2D eigenvalue weighted by Gasteiger charge is -2.20. The van der Waals surface area contributed by atoms with E-state index in [2.05, 4.69) is 10.6 Å². The van der Waals surface area contributed by atoms with Crippen molar-refractivity contribution in [1.82, 2.24) is 10.6 Å². The summed E-state index contributed by atoms with van der Waals surface area (Å²) in [7, 11) is 1.56. The largest absolute Gasteiger partial charge is 0.480 e. The number of nitrogens with one attached hydrogen (secondary N) is 2. The first kappa shape index (κ1) is 18.7. The third-order valence-corrected chi connectivity index (χ3v) is 3.85. The van der Waals surface area contributed by atoms with Crippen molar-refractivity contribution in [2.24, 2.45) is 5.92 Å². The van der Waals surface area contributed by atoms with Gasteiger partial charge in [0.15, 0.2) is 0 Å². The SMILES string of the molecule is CC[C@H](C)[C@H](NC(=O)CCc1cccc(C(=O)NC)c1)C(=O)O. The molecule has 1 aromatic rings. The van der Waals surface area contributed by atoms with Crippen LogP contribution in [0.1, 0.15) is 42.6 Å². The fraction of sp³-hybridized carbons (Fsp3) is 0.471. The first-order valence-corrected chi connectivity index (χ1v) is 7.72. The Kier molecular flexibility index (Phi) is 7.25. The number of hydrogen-bond acceptors (Lipinski definition) is 3. The molecule has 0 bridgehead atoms. The Labute approximate surface area is 136 Å². The lowest BCUT2D eigenvalue weighted by Crippen LogP contribution is -2.45. The summed E-state index contributed by atoms with van der Waals surface area (Å²) in [4.78, 5) is 34.8. The van der Waals surface area contributed by atoms with Crippen LogP contribution in [0.5, 0.6) is 0 Å². The van der Waals surface area contributed by atoms with Gasteiger partial charge in [0.1, 0.15) is 6.04 Å². The highest BCUT2D eigenvalue weighted by Gasteiger charge is 2.24. The third-order valence-electron chi connectivity index (χ3n) is 3.85. The van der Waals surface area contributed by atoms with Crippen molar-refractivity contribution in [3.05, 3.63) is 35.4 Å². The third kappa shape index (κ3) is 5.73. The Bertz CT molecular complexity index is 571. The van der Waals surface area contributed by atoms with Gasteiger partial charge in [-0.3, -0.25) is 9.59 Å². The minimum Gasteiger partial charge on any atom is -0.480 e. The average Bonchev–Trinajstić information content (AvgIpc) is 2.56. The van der Waals surface area contributed by atoms with Crippen LogP contribution in [0.3, 0.4) is 0 Å². The van der Waals surface area contributed by atoms with E-state index in [0.29, 0.717) is 18.4 Å². The number of carbonyl (C=O) groups excluding carboxylic acids is 2. The molecular formula is C17H24N2O4. The summed E-state index contributed by atoms with van der Waals surface area (Å²) in [5, 5.41) is 14.3. The molecule has 0 aliphatic rings. The van der Waals surface area contributed by atoms with Crippen LogP contribution < -0.4 is 10.6 Å². The molecule has 0 aliphatic carbocycles. The topological polar surface area (TPSA) is 95.5 Å². The summed E-state index contributed by atoms with van der Waals surface area (Å²) < 4.78 is 0. The van der Waals surface area contributed by atoms with Crippen molar-refractivity contribution in [2.45, 2.75) is 39.2 Å². The van der Waals surface area contributed by atoms with Crippen molar-refractivity contribution >= 4 is 17.8 Å². The van der Waals surface area contributed by atoms with Gasteiger partial charge in [-0.1, -0.05) is 32.4 Å². The predicted octanol–water partition coefficient (Wildman–Crippen LogP) is 1.59. The fourth-order valence-corrected chi connectivity index (χ4v) is 2.20. The summed E-state index contributed by atoms with van der Waals surface area (Å²) in [6.07, 6.45) is 1.30. The summed E-state index contributed by atoms with van der Waals surface area (Å²) in [5.41, 5.74) is 1.39. The fourth-order valence-electron chi connectivity index (χ4n) is 2.20. The van der Waals surface area contributed by atoms with Gasteiger partial charge in [0.2, 0.25) is 5.91 Å². The van der Waals surface area contributed by atoms with Crippen LogP contribution in [0.2, 0.25) is 0 Å². The Balaban J connectivity index is 2.62. The molecule has 3 N–H and O–H groups in total. The van der Waals surface area contributed by atoms with Crippen molar-refractivity contribution < 1.29 is 19.5 Å². The number of rotatable bonds is 8. The second kappa shape index (κ2) is 8.92. The monoisotopic (exact) mass is 320 g/mol. The molecule has 6 nitrogen and oxygen atoms in total. The van der Waals surface area contributed by atoms with Crippen LogP contribution in [0.4, 0.5) is 0 Å². The molecule has 0 aliphatic heterocycles. The maximum Gasteiger partial charge on any atom is 0.326 e. The number of hydrogen-bond donors (Lipinski definition) is 3. The lowest BCUT2D eigenvalue weighted by atomic mass is 9.99. The van der Waals surface area contributed by atoms with Gasteiger partial charge in [0.25, 0.3) is 5.91 Å². The number of carbonyl (C=O) groups is 3. The van der Waals surface area contributed by atoms with E-state index >= 15 is 0 Å². The van der Waals surface area contributed by atoms with Crippen molar-refractivity contribution in [3.8, 4) is 0 Å². The zero-order valence-electron chi connectivity index (χ0n) is 13.8. The highest BCUT2D eigenvalue weighted by Crippen LogP contribution is 2.10. The minimum atomic E-state index is -1.02. The van der Waals surface area contributed by atoms with E-state index in [0.717, 1.165) is 5.56 Å². The molecule has 23 heavy (non-hydrogen) atoms. The number of aliphatic carboxylic acids is 1. The molecule has 2 atom stereocenters. The molecule has 1 aromatic carbocycles. The van der Waals surface area contributed by atoms with Crippen LogP contribution >= 0.6 is 0 Å². The summed E-state index contributed by atoms with van der Waals surface area (Å²) in [6, 6.07) is 6.16. The maximum atomic E-state index is 12.0. The second-order valence-corrected chi connectivity index (χ2v) is 5.55. The van der Waals surface area contributed by atoms with Gasteiger partial charge in [0.05, 0.1) is 0 Å². The van der Waals surface area contributed by atoms with E-state index in [4.69, 9.17) is 0 Å². The lowest BCUT2D eigenvalue weighted by molar-refractivity contribution is -0.143. The molecule has 1 rings (SSSR count). The standard InChI is InChI=1S/C17H24N2O4/c1-4-11(2)15(17(22)23)19-14(20)9-8-12-6-5-7-13(10-12)16(21)18-3/h5-7,10-11,15H,4,8-9H2,1-3H3,(H,18,21)(H,19,20)(H,22,23)/t11-,15-/m0/s1. The van der Waals surface area contributed by atoms with Gasteiger partial charge in [-0.25, -0.2) is 4.79 Å². The van der Waals surface area contributed by atoms with Crippen LogP contribution in [0.25, 0.3) is 0 Å². The number of benzene rings is 1. The maximum absolute atomic E-state index is 12.0. The van der Waals surface area contributed by atoms with Gasteiger partial charge in [0, 0.05) is 19.0 Å². The molecule has 126 valence electrons. The first-order valence-electron chi connectivity index (χ1n) is 7.72. The molecule has 0 saturated heterocycles. The van der Waals surface area contributed by atoms with Crippen molar-refractivity contribution in [1.29, 1.82) is 0 Å². The predicted molar refractivity (Wildman–Crippen MR) is 87.2 cm³/mol. The Morgan fingerprint density at radius 1 is 1.26 bits per heavy atom. The van der Waals surface area contributed by atoms with Crippen molar-refractivity contribution in [3.63, 3.8) is 0 Å². The van der Waals surface area contributed by atoms with Gasteiger partial charge in [-0.05, 0) is 30.0 Å². The van der Waals surface area contributed by atoms with Crippen LogP contribution in [0.15, 0.2) is 24.3 Å². The van der Waals surface area contributed by atoms with E-state index in [1.54, 1.807) is 32.2 Å². The molecule has 0 saturated carbocycles. The molecule has 0 fully saturated rings. The quantitative estimate of drug-likeness (QED) is 0.678. The normalized spacial score (nSPS) is 13.0. The Hall–Kier alpha value is -2.37. The molecule has 2 amide bonds. The van der Waals surface area contributed by atoms with E-state index in [1.165, 1.54) is 0 Å². The van der Waals surface area contributed by atoms with Gasteiger partial charge in [-0.15, -0.1) is 0 Å². The van der Waals surface area contributed by atoms with E-state index in [9.17, 15) is 19.5 Å². The Morgan fingerprint density at radius 3 is 2.52 bits per heavy atom. The smallest absolute Gasteiger partial charge is 0.326 e. The van der Waals surface area contributed by atoms with E-state index in [-0.39, 0.29) is 24.2 Å². The van der Waals surface area contributed by atoms with Crippen LogP contribution in [0, 0.1) is 5.92 Å². The van der Waals surface area contributed by atoms with E-state index in [1.807, 2.05) is 13.0 Å². The van der Waals surface area contributed by atoms with E-state index < -0.39 is 12.0 Å². The van der Waals surface area contributed by atoms with Gasteiger partial charge >= 0.3 is 5.97 Å².